The summed E-state index contributed by atoms with van der Waals surface area (Å²) in [6, 6.07) is 7.84. The second kappa shape index (κ2) is 7.72. The number of methoxy groups -OCH3 is 1. The molecular formula is C17H13N3O5S2. The minimum Gasteiger partial charge on any atom is -0.493 e. The lowest BCUT2D eigenvalue weighted by Gasteiger charge is -2.10. The highest BCUT2D eigenvalue weighted by Crippen LogP contribution is 2.35. The Morgan fingerprint density at radius 1 is 1.30 bits per heavy atom. The summed E-state index contributed by atoms with van der Waals surface area (Å²) in [4.78, 5) is 28.1. The maximum absolute atomic E-state index is 12.1. The van der Waals surface area contributed by atoms with Gasteiger partial charge in [0.05, 0.1) is 16.9 Å². The fourth-order valence-electron chi connectivity index (χ4n) is 2.21. The fourth-order valence-corrected chi connectivity index (χ4v) is 3.39. The molecule has 1 amide bonds. The van der Waals surface area contributed by atoms with Crippen LogP contribution in [0.2, 0.25) is 0 Å². The molecule has 0 N–H and O–H groups in total. The zero-order valence-electron chi connectivity index (χ0n) is 14.2. The Labute approximate surface area is 163 Å². The molecule has 8 nitrogen and oxygen atoms in total. The molecule has 1 fully saturated rings. The number of benzene rings is 1. The van der Waals surface area contributed by atoms with Crippen molar-refractivity contribution >= 4 is 46.0 Å². The van der Waals surface area contributed by atoms with Gasteiger partial charge in [0.2, 0.25) is 5.88 Å². The van der Waals surface area contributed by atoms with E-state index < -0.39 is 4.92 Å². The molecule has 1 aliphatic rings. The molecule has 0 saturated carbocycles. The van der Waals surface area contributed by atoms with Gasteiger partial charge in [-0.3, -0.25) is 19.8 Å². The van der Waals surface area contributed by atoms with E-state index in [2.05, 4.69) is 4.98 Å². The van der Waals surface area contributed by atoms with E-state index >= 15 is 0 Å². The molecule has 138 valence electrons. The first-order valence-corrected chi connectivity index (χ1v) is 8.79. The molecule has 0 bridgehead atoms. The van der Waals surface area contributed by atoms with Crippen LogP contribution in [0.1, 0.15) is 5.56 Å². The Balaban J connectivity index is 1.83. The number of likely N-dealkylation sites (N-methyl/N-ethyl adjacent to an activating group) is 1. The Kier molecular flexibility index (Phi) is 5.38. The number of hydrogen-bond donors (Lipinski definition) is 0. The summed E-state index contributed by atoms with van der Waals surface area (Å²) in [5.41, 5.74) is 0.614. The standard InChI is InChI=1S/C17H13N3O5S2/c1-19-16(21)14(27-17(19)26)8-10-3-5-12(13(7-10)24-2)25-15-6-4-11(9-18-15)20(22)23/h3-9H,1-2H3/b14-8-. The van der Waals surface area contributed by atoms with Crippen molar-refractivity contribution in [3.63, 3.8) is 0 Å². The van der Waals surface area contributed by atoms with Crippen molar-refractivity contribution < 1.29 is 19.2 Å². The third kappa shape index (κ3) is 4.07. The number of rotatable bonds is 5. The summed E-state index contributed by atoms with van der Waals surface area (Å²) in [6.45, 7) is 0. The van der Waals surface area contributed by atoms with E-state index in [1.807, 2.05) is 0 Å². The molecule has 0 radical (unpaired) electrons. The van der Waals surface area contributed by atoms with E-state index in [0.29, 0.717) is 20.7 Å². The van der Waals surface area contributed by atoms with E-state index in [9.17, 15) is 14.9 Å². The molecule has 2 aromatic rings. The topological polar surface area (TPSA) is 94.8 Å². The molecule has 10 heteroatoms. The van der Waals surface area contributed by atoms with Crippen molar-refractivity contribution in [3.05, 3.63) is 57.1 Å². The minimum absolute atomic E-state index is 0.127. The van der Waals surface area contributed by atoms with Gasteiger partial charge in [-0.1, -0.05) is 30.0 Å². The second-order valence-corrected chi connectivity index (χ2v) is 7.04. The molecule has 1 aromatic heterocycles. The van der Waals surface area contributed by atoms with Gasteiger partial charge in [0.15, 0.2) is 11.5 Å². The summed E-state index contributed by atoms with van der Waals surface area (Å²) in [5, 5.41) is 10.7. The molecule has 0 aliphatic carbocycles. The number of carbonyl (C=O) groups excluding carboxylic acids is 1. The summed E-state index contributed by atoms with van der Waals surface area (Å²) in [5.74, 6) is 0.854. The Bertz CT molecular complexity index is 960. The predicted molar refractivity (Wildman–Crippen MR) is 105 cm³/mol. The lowest BCUT2D eigenvalue weighted by atomic mass is 10.2. The molecule has 0 atom stereocenters. The zero-order chi connectivity index (χ0) is 19.6. The lowest BCUT2D eigenvalue weighted by molar-refractivity contribution is -0.385. The first kappa shape index (κ1) is 18.8. The number of nitro groups is 1. The van der Waals surface area contributed by atoms with Gasteiger partial charge < -0.3 is 9.47 Å². The van der Waals surface area contributed by atoms with Gasteiger partial charge in [-0.25, -0.2) is 4.98 Å². The number of thiocarbonyl (C=S) groups is 1. The van der Waals surface area contributed by atoms with Crippen LogP contribution in [0.3, 0.4) is 0 Å². The van der Waals surface area contributed by atoms with Gasteiger partial charge >= 0.3 is 0 Å². The highest BCUT2D eigenvalue weighted by atomic mass is 32.2. The van der Waals surface area contributed by atoms with Crippen LogP contribution >= 0.6 is 24.0 Å². The number of amides is 1. The zero-order valence-corrected chi connectivity index (χ0v) is 15.9. The predicted octanol–water partition coefficient (Wildman–Crippen LogP) is 3.62. The van der Waals surface area contributed by atoms with Crippen LogP contribution in [0, 0.1) is 10.1 Å². The van der Waals surface area contributed by atoms with Gasteiger partial charge in [0.25, 0.3) is 11.6 Å². The van der Waals surface area contributed by atoms with Crippen molar-refractivity contribution in [1.29, 1.82) is 0 Å². The highest BCUT2D eigenvalue weighted by Gasteiger charge is 2.28. The number of pyridine rings is 1. The molecule has 27 heavy (non-hydrogen) atoms. The first-order valence-electron chi connectivity index (χ1n) is 7.57. The van der Waals surface area contributed by atoms with E-state index in [1.54, 1.807) is 31.3 Å². The highest BCUT2D eigenvalue weighted by molar-refractivity contribution is 8.26. The molecule has 1 aliphatic heterocycles. The maximum atomic E-state index is 12.1. The summed E-state index contributed by atoms with van der Waals surface area (Å²) in [7, 11) is 3.12. The van der Waals surface area contributed by atoms with Crippen LogP contribution in [-0.2, 0) is 4.79 Å². The van der Waals surface area contributed by atoms with E-state index in [1.165, 1.54) is 35.9 Å². The van der Waals surface area contributed by atoms with Crippen LogP contribution in [0.25, 0.3) is 6.08 Å². The molecule has 1 saturated heterocycles. The number of aromatic nitrogens is 1. The normalized spacial score (nSPS) is 15.3. The van der Waals surface area contributed by atoms with Gasteiger partial charge in [0.1, 0.15) is 10.5 Å². The summed E-state index contributed by atoms with van der Waals surface area (Å²) in [6.07, 6.45) is 2.84. The van der Waals surface area contributed by atoms with Crippen LogP contribution in [0.4, 0.5) is 5.69 Å². The Morgan fingerprint density at radius 2 is 2.07 bits per heavy atom. The van der Waals surface area contributed by atoms with E-state index in [-0.39, 0.29) is 17.5 Å². The van der Waals surface area contributed by atoms with Gasteiger partial charge in [0, 0.05) is 19.2 Å². The summed E-state index contributed by atoms with van der Waals surface area (Å²) >= 11 is 6.35. The smallest absolute Gasteiger partial charge is 0.287 e. The number of ether oxygens (including phenoxy) is 2. The number of carbonyl (C=O) groups is 1. The molecule has 2 heterocycles. The van der Waals surface area contributed by atoms with Gasteiger partial charge in [-0.2, -0.15) is 0 Å². The Morgan fingerprint density at radius 3 is 2.63 bits per heavy atom. The van der Waals surface area contributed by atoms with Crippen LogP contribution in [-0.4, -0.2) is 39.2 Å². The van der Waals surface area contributed by atoms with Crippen molar-refractivity contribution in [2.45, 2.75) is 0 Å². The molecule has 3 rings (SSSR count). The number of thioether (sulfide) groups is 1. The number of hydrogen-bond acceptors (Lipinski definition) is 8. The van der Waals surface area contributed by atoms with Gasteiger partial charge in [-0.15, -0.1) is 0 Å². The molecule has 0 spiro atoms. The van der Waals surface area contributed by atoms with Crippen molar-refractivity contribution in [2.24, 2.45) is 0 Å². The third-order valence-electron chi connectivity index (χ3n) is 3.62. The largest absolute Gasteiger partial charge is 0.493 e. The third-order valence-corrected chi connectivity index (χ3v) is 5.10. The number of nitrogens with zero attached hydrogens (tertiary/aromatic N) is 3. The van der Waals surface area contributed by atoms with E-state index in [4.69, 9.17) is 21.7 Å². The van der Waals surface area contributed by atoms with Crippen LogP contribution < -0.4 is 9.47 Å². The molecule has 0 unspecified atom stereocenters. The van der Waals surface area contributed by atoms with Crippen molar-refractivity contribution in [1.82, 2.24) is 9.88 Å². The monoisotopic (exact) mass is 403 g/mol. The average molecular weight is 403 g/mol. The van der Waals surface area contributed by atoms with Crippen LogP contribution in [0.15, 0.2) is 41.4 Å². The lowest BCUT2D eigenvalue weighted by Crippen LogP contribution is -2.22. The SMILES string of the molecule is COc1cc(/C=C2\SC(=S)N(C)C2=O)ccc1Oc1ccc([N+](=O)[O-])cn1. The van der Waals surface area contributed by atoms with Crippen molar-refractivity contribution in [2.75, 3.05) is 14.2 Å². The summed E-state index contributed by atoms with van der Waals surface area (Å²) < 4.78 is 11.5. The molecule has 1 aromatic carbocycles. The quantitative estimate of drug-likeness (QED) is 0.323. The average Bonchev–Trinajstić information content (AvgIpc) is 2.90. The Hall–Kier alpha value is -2.98. The van der Waals surface area contributed by atoms with Crippen molar-refractivity contribution in [3.8, 4) is 17.4 Å². The second-order valence-electron chi connectivity index (χ2n) is 5.36. The minimum atomic E-state index is -0.537. The first-order chi connectivity index (χ1) is 12.9. The van der Waals surface area contributed by atoms with Gasteiger partial charge in [-0.05, 0) is 23.8 Å². The van der Waals surface area contributed by atoms with E-state index in [0.717, 1.165) is 11.8 Å². The maximum Gasteiger partial charge on any atom is 0.287 e. The molecular weight excluding hydrogens is 390 g/mol. The van der Waals surface area contributed by atoms with Crippen LogP contribution in [0.5, 0.6) is 17.4 Å². The fraction of sp³-hybridized carbons (Fsp3) is 0.118.